The number of hydrogen-bond donors (Lipinski definition) is 1. The van der Waals surface area contributed by atoms with Crippen LogP contribution in [0.5, 0.6) is 0 Å². The van der Waals surface area contributed by atoms with E-state index in [0.29, 0.717) is 23.1 Å². The Morgan fingerprint density at radius 1 is 1.59 bits per heavy atom. The van der Waals surface area contributed by atoms with Crippen molar-refractivity contribution in [2.75, 3.05) is 30.8 Å². The molecule has 0 saturated carbocycles. The first-order chi connectivity index (χ1) is 8.11. The predicted molar refractivity (Wildman–Crippen MR) is 66.0 cm³/mol. The minimum absolute atomic E-state index is 0.302. The molecule has 1 fully saturated rings. The number of anilines is 2. The molecule has 1 aliphatic heterocycles. The van der Waals surface area contributed by atoms with Crippen LogP contribution < -0.4 is 10.6 Å². The van der Waals surface area contributed by atoms with Crippen molar-refractivity contribution >= 4 is 17.5 Å². The zero-order valence-corrected chi connectivity index (χ0v) is 10.1. The van der Waals surface area contributed by atoms with Crippen molar-refractivity contribution in [2.24, 2.45) is 5.92 Å². The van der Waals surface area contributed by atoms with E-state index in [1.165, 1.54) is 7.11 Å². The number of esters is 1. The van der Waals surface area contributed by atoms with Gasteiger partial charge in [0.1, 0.15) is 0 Å². The van der Waals surface area contributed by atoms with Crippen LogP contribution in [0.2, 0.25) is 0 Å². The van der Waals surface area contributed by atoms with Crippen LogP contribution in [0.3, 0.4) is 0 Å². The van der Waals surface area contributed by atoms with E-state index in [-0.39, 0.29) is 0 Å². The van der Waals surface area contributed by atoms with Gasteiger partial charge in [-0.15, -0.1) is 0 Å². The summed E-state index contributed by atoms with van der Waals surface area (Å²) in [6.07, 6.45) is 1.13. The Labute approximate surface area is 101 Å². The molecule has 0 aliphatic carbocycles. The molecule has 0 aromatic carbocycles. The summed E-state index contributed by atoms with van der Waals surface area (Å²) in [7, 11) is 1.35. The molecule has 5 heteroatoms. The third kappa shape index (κ3) is 2.33. The van der Waals surface area contributed by atoms with Crippen molar-refractivity contribution in [3.63, 3.8) is 0 Å². The second-order valence-corrected chi connectivity index (χ2v) is 4.44. The second kappa shape index (κ2) is 4.61. The number of ether oxygens (including phenoxy) is 1. The molecule has 2 heterocycles. The fourth-order valence-corrected chi connectivity index (χ4v) is 2.06. The predicted octanol–water partition coefficient (Wildman–Crippen LogP) is 1.30. The Hall–Kier alpha value is -1.78. The number of nitrogens with zero attached hydrogens (tertiary/aromatic N) is 2. The van der Waals surface area contributed by atoms with Crippen LogP contribution >= 0.6 is 0 Å². The van der Waals surface area contributed by atoms with Crippen molar-refractivity contribution in [1.82, 2.24) is 4.98 Å². The van der Waals surface area contributed by atoms with Crippen LogP contribution in [0.25, 0.3) is 0 Å². The highest BCUT2D eigenvalue weighted by atomic mass is 16.5. The topological polar surface area (TPSA) is 68.5 Å². The number of carbonyl (C=O) groups is 1. The summed E-state index contributed by atoms with van der Waals surface area (Å²) in [5, 5.41) is 0. The molecule has 1 aromatic heterocycles. The molecule has 0 radical (unpaired) electrons. The summed E-state index contributed by atoms with van der Waals surface area (Å²) in [5.74, 6) is 0.897. The Balaban J connectivity index is 2.29. The number of nitrogens with two attached hydrogens (primary N) is 1. The molecular formula is C12H17N3O2. The van der Waals surface area contributed by atoms with Crippen molar-refractivity contribution in [1.29, 1.82) is 0 Å². The van der Waals surface area contributed by atoms with Gasteiger partial charge in [-0.1, -0.05) is 6.92 Å². The summed E-state index contributed by atoms with van der Waals surface area (Å²) in [4.78, 5) is 17.8. The molecule has 2 N–H and O–H groups in total. The van der Waals surface area contributed by atoms with Gasteiger partial charge >= 0.3 is 5.97 Å². The minimum atomic E-state index is -0.432. The zero-order chi connectivity index (χ0) is 12.4. The summed E-state index contributed by atoms with van der Waals surface area (Å²) >= 11 is 0. The van der Waals surface area contributed by atoms with Gasteiger partial charge in [-0.3, -0.25) is 0 Å². The third-order valence-electron chi connectivity index (χ3n) is 3.02. The van der Waals surface area contributed by atoms with E-state index in [1.807, 2.05) is 0 Å². The molecule has 0 bridgehead atoms. The number of aromatic nitrogens is 1. The molecule has 92 valence electrons. The Bertz CT molecular complexity index is 434. The summed E-state index contributed by atoms with van der Waals surface area (Å²) in [5.41, 5.74) is 6.81. The highest BCUT2D eigenvalue weighted by Crippen LogP contribution is 2.27. The fourth-order valence-electron chi connectivity index (χ4n) is 2.06. The number of pyridine rings is 1. The Morgan fingerprint density at radius 3 is 2.94 bits per heavy atom. The standard InChI is InChI=1S/C12H17N3O2/c1-8-5-6-15(7-8)11-9(13)3-4-10(14-11)12(16)17-2/h3-4,8H,5-7,13H2,1-2H3. The largest absolute Gasteiger partial charge is 0.464 e. The highest BCUT2D eigenvalue weighted by molar-refractivity contribution is 5.88. The van der Waals surface area contributed by atoms with Crippen molar-refractivity contribution in [2.45, 2.75) is 13.3 Å². The van der Waals surface area contributed by atoms with Gasteiger partial charge in [0.25, 0.3) is 0 Å². The monoisotopic (exact) mass is 235 g/mol. The van der Waals surface area contributed by atoms with Gasteiger partial charge < -0.3 is 15.4 Å². The van der Waals surface area contributed by atoms with E-state index in [2.05, 4.69) is 21.5 Å². The first-order valence-corrected chi connectivity index (χ1v) is 5.71. The van der Waals surface area contributed by atoms with E-state index in [4.69, 9.17) is 5.73 Å². The molecule has 17 heavy (non-hydrogen) atoms. The van der Waals surface area contributed by atoms with Gasteiger partial charge in [0.2, 0.25) is 0 Å². The Kier molecular flexibility index (Phi) is 3.17. The number of carbonyl (C=O) groups excluding carboxylic acids is 1. The minimum Gasteiger partial charge on any atom is -0.464 e. The molecule has 0 spiro atoms. The maximum absolute atomic E-state index is 11.4. The van der Waals surface area contributed by atoms with Gasteiger partial charge in [0, 0.05) is 13.1 Å². The molecule has 1 aromatic rings. The quantitative estimate of drug-likeness (QED) is 0.782. The van der Waals surface area contributed by atoms with Gasteiger partial charge in [-0.25, -0.2) is 9.78 Å². The summed E-state index contributed by atoms with van der Waals surface area (Å²) in [6.45, 7) is 4.06. The molecule has 1 aliphatic rings. The van der Waals surface area contributed by atoms with E-state index in [9.17, 15) is 4.79 Å². The van der Waals surface area contributed by atoms with Crippen LogP contribution in [-0.4, -0.2) is 31.2 Å². The molecular weight excluding hydrogens is 218 g/mol. The second-order valence-electron chi connectivity index (χ2n) is 4.44. The maximum Gasteiger partial charge on any atom is 0.356 e. The lowest BCUT2D eigenvalue weighted by molar-refractivity contribution is 0.0594. The van der Waals surface area contributed by atoms with Crippen LogP contribution in [0, 0.1) is 5.92 Å². The van der Waals surface area contributed by atoms with Gasteiger partial charge in [0.05, 0.1) is 12.8 Å². The van der Waals surface area contributed by atoms with E-state index < -0.39 is 5.97 Å². The van der Waals surface area contributed by atoms with Crippen molar-refractivity contribution in [3.8, 4) is 0 Å². The van der Waals surface area contributed by atoms with E-state index >= 15 is 0 Å². The normalized spacial score (nSPS) is 19.4. The van der Waals surface area contributed by atoms with E-state index in [0.717, 1.165) is 19.5 Å². The average molecular weight is 235 g/mol. The lowest BCUT2D eigenvalue weighted by Crippen LogP contribution is -2.22. The van der Waals surface area contributed by atoms with Gasteiger partial charge in [-0.05, 0) is 24.5 Å². The molecule has 1 saturated heterocycles. The summed E-state index contributed by atoms with van der Waals surface area (Å²) in [6, 6.07) is 3.29. The Morgan fingerprint density at radius 2 is 2.35 bits per heavy atom. The fraction of sp³-hybridized carbons (Fsp3) is 0.500. The molecule has 1 atom stereocenters. The third-order valence-corrected chi connectivity index (χ3v) is 3.02. The molecule has 5 nitrogen and oxygen atoms in total. The summed E-state index contributed by atoms with van der Waals surface area (Å²) < 4.78 is 4.65. The number of nitrogen functional groups attached to an aromatic ring is 1. The van der Waals surface area contributed by atoms with Crippen molar-refractivity contribution in [3.05, 3.63) is 17.8 Å². The average Bonchev–Trinajstić information content (AvgIpc) is 2.75. The number of hydrogen-bond acceptors (Lipinski definition) is 5. The van der Waals surface area contributed by atoms with Crippen LogP contribution in [0.15, 0.2) is 12.1 Å². The highest BCUT2D eigenvalue weighted by Gasteiger charge is 2.22. The number of rotatable bonds is 2. The van der Waals surface area contributed by atoms with Gasteiger partial charge in [-0.2, -0.15) is 0 Å². The molecule has 2 rings (SSSR count). The molecule has 1 unspecified atom stereocenters. The van der Waals surface area contributed by atoms with Crippen LogP contribution in [0.4, 0.5) is 11.5 Å². The SMILES string of the molecule is COC(=O)c1ccc(N)c(N2CCC(C)C2)n1. The van der Waals surface area contributed by atoms with Gasteiger partial charge in [0.15, 0.2) is 11.5 Å². The zero-order valence-electron chi connectivity index (χ0n) is 10.1. The lowest BCUT2D eigenvalue weighted by Gasteiger charge is -2.19. The lowest BCUT2D eigenvalue weighted by atomic mass is 10.2. The van der Waals surface area contributed by atoms with Crippen LogP contribution in [0.1, 0.15) is 23.8 Å². The first kappa shape index (κ1) is 11.7. The van der Waals surface area contributed by atoms with Crippen LogP contribution in [-0.2, 0) is 4.74 Å². The first-order valence-electron chi connectivity index (χ1n) is 5.71. The van der Waals surface area contributed by atoms with Crippen molar-refractivity contribution < 1.29 is 9.53 Å². The van der Waals surface area contributed by atoms with E-state index in [1.54, 1.807) is 12.1 Å². The maximum atomic E-state index is 11.4. The molecule has 0 amide bonds. The smallest absolute Gasteiger partial charge is 0.356 e. The number of methoxy groups -OCH3 is 1.